The molecule has 0 saturated heterocycles. The Balaban J connectivity index is 3.33. The molecule has 1 N–H and O–H groups in total. The van der Waals surface area contributed by atoms with Gasteiger partial charge in [0, 0.05) is 12.8 Å². The minimum atomic E-state index is -0.955. The molecule has 0 aromatic heterocycles. The molecule has 0 unspecified atom stereocenters. The highest BCUT2D eigenvalue weighted by Gasteiger charge is 2.12. The molecular weight excluding hydrogens is 633 g/mol. The SMILES string of the molecule is CCCCCCCCCCCCCCCCCCCCCCCCC(=O)OC[C@@H](O)COC(=O)CCCCCCCCCCCCCCCCC. The van der Waals surface area contributed by atoms with Gasteiger partial charge in [-0.3, -0.25) is 9.59 Å². The number of rotatable bonds is 43. The van der Waals surface area contributed by atoms with Gasteiger partial charge < -0.3 is 14.6 Å². The third-order valence-corrected chi connectivity index (χ3v) is 10.6. The summed E-state index contributed by atoms with van der Waals surface area (Å²) in [5.41, 5.74) is 0. The molecule has 0 radical (unpaired) electrons. The fraction of sp³-hybridized carbons (Fsp3) is 0.957. The molecular formula is C46H90O5. The van der Waals surface area contributed by atoms with Crippen molar-refractivity contribution in [3.05, 3.63) is 0 Å². The Kier molecular flexibility index (Phi) is 42.4. The second-order valence-corrected chi connectivity index (χ2v) is 15.9. The van der Waals surface area contributed by atoms with E-state index in [1.54, 1.807) is 0 Å². The standard InChI is InChI=1S/C46H90O5/c1-3-5-7-9-11-13-15-17-19-20-21-22-23-24-25-27-29-31-33-35-37-39-41-46(49)51-43-44(47)42-50-45(48)40-38-36-34-32-30-28-26-18-16-14-12-10-8-6-4-2/h44,47H,3-43H2,1-2H3/t44-/m0/s1. The third-order valence-electron chi connectivity index (χ3n) is 10.6. The van der Waals surface area contributed by atoms with Crippen LogP contribution in [0.2, 0.25) is 0 Å². The van der Waals surface area contributed by atoms with Crippen molar-refractivity contribution in [2.24, 2.45) is 0 Å². The first-order valence-electron chi connectivity index (χ1n) is 23.1. The summed E-state index contributed by atoms with van der Waals surface area (Å²) in [5.74, 6) is -0.545. The highest BCUT2D eigenvalue weighted by atomic mass is 16.6. The molecule has 0 aliphatic heterocycles. The van der Waals surface area contributed by atoms with Gasteiger partial charge in [-0.05, 0) is 12.8 Å². The molecule has 0 bridgehead atoms. The number of hydrogen-bond donors (Lipinski definition) is 1. The number of carbonyl (C=O) groups is 2. The average Bonchev–Trinajstić information content (AvgIpc) is 3.13. The lowest BCUT2D eigenvalue weighted by Gasteiger charge is -2.12. The Labute approximate surface area is 319 Å². The van der Waals surface area contributed by atoms with Crippen LogP contribution in [0, 0.1) is 0 Å². The van der Waals surface area contributed by atoms with E-state index in [4.69, 9.17) is 9.47 Å². The molecule has 0 spiro atoms. The van der Waals surface area contributed by atoms with Crippen molar-refractivity contribution >= 4 is 11.9 Å². The molecule has 0 heterocycles. The number of carbonyl (C=O) groups excluding carboxylic acids is 2. The second-order valence-electron chi connectivity index (χ2n) is 15.9. The average molecular weight is 723 g/mol. The zero-order valence-electron chi connectivity index (χ0n) is 34.6. The first-order chi connectivity index (χ1) is 25.1. The molecule has 1 atom stereocenters. The van der Waals surface area contributed by atoms with Gasteiger partial charge in [0.25, 0.3) is 0 Å². The Morgan fingerprint density at radius 2 is 0.510 bits per heavy atom. The van der Waals surface area contributed by atoms with Gasteiger partial charge in [-0.2, -0.15) is 0 Å². The van der Waals surface area contributed by atoms with Gasteiger partial charge >= 0.3 is 11.9 Å². The van der Waals surface area contributed by atoms with Crippen LogP contribution >= 0.6 is 0 Å². The van der Waals surface area contributed by atoms with E-state index >= 15 is 0 Å². The van der Waals surface area contributed by atoms with Gasteiger partial charge in [-0.1, -0.05) is 239 Å². The molecule has 5 heteroatoms. The van der Waals surface area contributed by atoms with Crippen molar-refractivity contribution in [3.8, 4) is 0 Å². The highest BCUT2D eigenvalue weighted by molar-refractivity contribution is 5.69. The van der Waals surface area contributed by atoms with Crippen LogP contribution in [0.15, 0.2) is 0 Å². The zero-order chi connectivity index (χ0) is 37.1. The van der Waals surface area contributed by atoms with Crippen molar-refractivity contribution in [1.29, 1.82) is 0 Å². The van der Waals surface area contributed by atoms with Gasteiger partial charge in [-0.15, -0.1) is 0 Å². The topological polar surface area (TPSA) is 72.8 Å². The van der Waals surface area contributed by atoms with Crippen LogP contribution in [-0.2, 0) is 19.1 Å². The van der Waals surface area contributed by atoms with Crippen molar-refractivity contribution in [1.82, 2.24) is 0 Å². The van der Waals surface area contributed by atoms with Crippen LogP contribution in [0.3, 0.4) is 0 Å². The Morgan fingerprint density at radius 3 is 0.706 bits per heavy atom. The number of aliphatic hydroxyl groups is 1. The van der Waals surface area contributed by atoms with E-state index in [1.165, 1.54) is 212 Å². The van der Waals surface area contributed by atoms with E-state index in [0.717, 1.165) is 25.7 Å². The predicted molar refractivity (Wildman–Crippen MR) is 219 cm³/mol. The Bertz CT molecular complexity index is 695. The van der Waals surface area contributed by atoms with E-state index in [0.29, 0.717) is 12.8 Å². The zero-order valence-corrected chi connectivity index (χ0v) is 34.6. The minimum absolute atomic E-state index is 0.107. The van der Waals surface area contributed by atoms with Crippen LogP contribution < -0.4 is 0 Å². The maximum absolute atomic E-state index is 12.0. The maximum Gasteiger partial charge on any atom is 0.305 e. The van der Waals surface area contributed by atoms with E-state index in [1.807, 2.05) is 0 Å². The van der Waals surface area contributed by atoms with Crippen LogP contribution in [0.25, 0.3) is 0 Å². The van der Waals surface area contributed by atoms with Crippen molar-refractivity contribution < 1.29 is 24.2 Å². The molecule has 51 heavy (non-hydrogen) atoms. The summed E-state index contributed by atoms with van der Waals surface area (Å²) in [6.07, 6.45) is 48.9. The molecule has 0 aliphatic carbocycles. The molecule has 0 saturated carbocycles. The molecule has 0 amide bonds. The van der Waals surface area contributed by atoms with Crippen LogP contribution in [-0.4, -0.2) is 36.4 Å². The highest BCUT2D eigenvalue weighted by Crippen LogP contribution is 2.17. The summed E-state index contributed by atoms with van der Waals surface area (Å²) in [7, 11) is 0. The lowest BCUT2D eigenvalue weighted by molar-refractivity contribution is -0.152. The van der Waals surface area contributed by atoms with Gasteiger partial charge in [0.1, 0.15) is 19.3 Å². The summed E-state index contributed by atoms with van der Waals surface area (Å²) >= 11 is 0. The van der Waals surface area contributed by atoms with Gasteiger partial charge in [-0.25, -0.2) is 0 Å². The van der Waals surface area contributed by atoms with Crippen LogP contribution in [0.1, 0.15) is 264 Å². The third kappa shape index (κ3) is 43.2. The Morgan fingerprint density at radius 1 is 0.333 bits per heavy atom. The first kappa shape index (κ1) is 49.9. The van der Waals surface area contributed by atoms with Gasteiger partial charge in [0.2, 0.25) is 0 Å². The summed E-state index contributed by atoms with van der Waals surface area (Å²) in [4.78, 5) is 24.0. The summed E-state index contributed by atoms with van der Waals surface area (Å²) in [6.45, 7) is 4.35. The maximum atomic E-state index is 12.0. The largest absolute Gasteiger partial charge is 0.463 e. The number of ether oxygens (including phenoxy) is 2. The lowest BCUT2D eigenvalue weighted by atomic mass is 10.0. The smallest absolute Gasteiger partial charge is 0.305 e. The fourth-order valence-corrected chi connectivity index (χ4v) is 7.09. The Hall–Kier alpha value is -1.10. The van der Waals surface area contributed by atoms with E-state index in [9.17, 15) is 14.7 Å². The second kappa shape index (κ2) is 43.3. The number of esters is 2. The van der Waals surface area contributed by atoms with Crippen molar-refractivity contribution in [2.45, 2.75) is 270 Å². The molecule has 0 fully saturated rings. The normalized spacial score (nSPS) is 12.0. The van der Waals surface area contributed by atoms with Gasteiger partial charge in [0.05, 0.1) is 0 Å². The van der Waals surface area contributed by atoms with Crippen LogP contribution in [0.5, 0.6) is 0 Å². The summed E-state index contributed by atoms with van der Waals surface area (Å²) in [6, 6.07) is 0. The molecule has 5 nitrogen and oxygen atoms in total. The van der Waals surface area contributed by atoms with Gasteiger partial charge in [0.15, 0.2) is 0 Å². The van der Waals surface area contributed by atoms with E-state index in [2.05, 4.69) is 13.8 Å². The van der Waals surface area contributed by atoms with E-state index in [-0.39, 0.29) is 25.2 Å². The molecule has 304 valence electrons. The first-order valence-corrected chi connectivity index (χ1v) is 23.1. The molecule has 0 aliphatic rings. The monoisotopic (exact) mass is 723 g/mol. The predicted octanol–water partition coefficient (Wildman–Crippen LogP) is 14.7. The number of aliphatic hydroxyl groups excluding tert-OH is 1. The van der Waals surface area contributed by atoms with Crippen molar-refractivity contribution in [2.75, 3.05) is 13.2 Å². The van der Waals surface area contributed by atoms with Crippen LogP contribution in [0.4, 0.5) is 0 Å². The summed E-state index contributed by atoms with van der Waals surface area (Å²) < 4.78 is 10.4. The number of hydrogen-bond acceptors (Lipinski definition) is 5. The lowest BCUT2D eigenvalue weighted by Crippen LogP contribution is -2.25. The minimum Gasteiger partial charge on any atom is -0.463 e. The number of unbranched alkanes of at least 4 members (excludes halogenated alkanes) is 35. The molecule has 0 aromatic rings. The molecule has 0 aromatic carbocycles. The molecule has 0 rings (SSSR count). The van der Waals surface area contributed by atoms with E-state index < -0.39 is 6.10 Å². The summed E-state index contributed by atoms with van der Waals surface area (Å²) in [5, 5.41) is 10.0. The van der Waals surface area contributed by atoms with Crippen molar-refractivity contribution in [3.63, 3.8) is 0 Å². The fourth-order valence-electron chi connectivity index (χ4n) is 7.09. The quantitative estimate of drug-likeness (QED) is 0.0501.